The molecule has 7 nitrogen and oxygen atoms in total. The van der Waals surface area contributed by atoms with Crippen LogP contribution in [-0.2, 0) is 33.5 Å². The Balaban J connectivity index is 1.55. The van der Waals surface area contributed by atoms with Gasteiger partial charge in [-0.2, -0.15) is 13.2 Å². The predicted octanol–water partition coefficient (Wildman–Crippen LogP) is 4.54. The number of fused-ring (bicyclic) bond motifs is 1. The van der Waals surface area contributed by atoms with E-state index in [-0.39, 0.29) is 30.8 Å². The summed E-state index contributed by atoms with van der Waals surface area (Å²) < 4.78 is 44.7. The molecule has 2 aromatic carbocycles. The fourth-order valence-electron chi connectivity index (χ4n) is 5.07. The van der Waals surface area contributed by atoms with Gasteiger partial charge in [0.25, 0.3) is 0 Å². The van der Waals surface area contributed by atoms with Crippen molar-refractivity contribution in [2.24, 2.45) is 5.92 Å². The molecule has 0 aromatic heterocycles. The molecule has 2 aliphatic rings. The lowest BCUT2D eigenvalue weighted by Crippen LogP contribution is -2.62. The number of carbonyl (C=O) groups is 3. The maximum absolute atomic E-state index is 13.6. The monoisotopic (exact) mass is 517 g/mol. The average Bonchev–Trinajstić information content (AvgIpc) is 2.87. The number of alkyl halides is 3. The Hall–Kier alpha value is -3.40. The van der Waals surface area contributed by atoms with Crippen molar-refractivity contribution >= 4 is 23.5 Å². The number of urea groups is 1. The highest BCUT2D eigenvalue weighted by Gasteiger charge is 2.47. The molecule has 4 rings (SSSR count). The summed E-state index contributed by atoms with van der Waals surface area (Å²) in [4.78, 5) is 41.8. The zero-order chi connectivity index (χ0) is 26.6. The number of anilines is 1. The van der Waals surface area contributed by atoms with Crippen LogP contribution in [0.3, 0.4) is 0 Å². The molecule has 0 bridgehead atoms. The number of amides is 4. The lowest BCUT2D eigenvalue weighted by atomic mass is 9.81. The van der Waals surface area contributed by atoms with Gasteiger partial charge in [0.2, 0.25) is 11.8 Å². The zero-order valence-electron chi connectivity index (χ0n) is 20.6. The van der Waals surface area contributed by atoms with Gasteiger partial charge in [0.05, 0.1) is 30.2 Å². The first kappa shape index (κ1) is 26.7. The maximum Gasteiger partial charge on any atom is 0.416 e. The number of carbonyl (C=O) groups excluding carboxylic acids is 3. The van der Waals surface area contributed by atoms with E-state index in [9.17, 15) is 27.6 Å². The fraction of sp³-hybridized carbons (Fsp3) is 0.444. The van der Waals surface area contributed by atoms with E-state index in [0.29, 0.717) is 42.8 Å². The van der Waals surface area contributed by atoms with Gasteiger partial charge >= 0.3 is 12.2 Å². The lowest BCUT2D eigenvalue weighted by molar-refractivity contribution is -0.137. The first-order chi connectivity index (χ1) is 17.7. The van der Waals surface area contributed by atoms with Crippen LogP contribution in [0.5, 0.6) is 0 Å². The van der Waals surface area contributed by atoms with Crippen molar-refractivity contribution in [1.82, 2.24) is 10.2 Å². The maximum atomic E-state index is 13.6. The molecular formula is C27H30F3N3O4. The Bertz CT molecular complexity index is 1140. The smallest absolute Gasteiger partial charge is 0.383 e. The second-order valence-electron chi connectivity index (χ2n) is 9.43. The summed E-state index contributed by atoms with van der Waals surface area (Å²) in [7, 11) is 1.55. The number of hydrogen-bond donors (Lipinski definition) is 1. The SMILES string of the molecule is COCCNC(=O)Cc1ccc(N2C(=O)C3CCCCC3N(Cc3cccc(C(F)(F)F)c3)C2=O)cc1. The molecule has 1 saturated heterocycles. The second kappa shape index (κ2) is 11.3. The molecule has 198 valence electrons. The van der Waals surface area contributed by atoms with Crippen molar-refractivity contribution in [3.63, 3.8) is 0 Å². The van der Waals surface area contributed by atoms with Crippen LogP contribution in [0.25, 0.3) is 0 Å². The highest BCUT2D eigenvalue weighted by molar-refractivity contribution is 6.17. The van der Waals surface area contributed by atoms with E-state index in [2.05, 4.69) is 5.32 Å². The highest BCUT2D eigenvalue weighted by atomic mass is 19.4. The second-order valence-corrected chi connectivity index (χ2v) is 9.43. The third kappa shape index (κ3) is 6.12. The zero-order valence-corrected chi connectivity index (χ0v) is 20.6. The summed E-state index contributed by atoms with van der Waals surface area (Å²) in [6.45, 7) is 0.783. The number of ether oxygens (including phenoxy) is 1. The Kier molecular flexibility index (Phi) is 8.16. The Morgan fingerprint density at radius 3 is 2.49 bits per heavy atom. The molecule has 2 aromatic rings. The summed E-state index contributed by atoms with van der Waals surface area (Å²) in [5.74, 6) is -0.879. The van der Waals surface area contributed by atoms with Crippen molar-refractivity contribution in [2.45, 2.75) is 50.9 Å². The number of rotatable bonds is 8. The van der Waals surface area contributed by atoms with Crippen molar-refractivity contribution in [3.8, 4) is 0 Å². The van der Waals surface area contributed by atoms with Gasteiger partial charge in [-0.25, -0.2) is 9.69 Å². The predicted molar refractivity (Wildman–Crippen MR) is 131 cm³/mol. The molecule has 10 heteroatoms. The number of methoxy groups -OCH3 is 1. The molecule has 0 spiro atoms. The van der Waals surface area contributed by atoms with Crippen LogP contribution in [-0.4, -0.2) is 49.0 Å². The van der Waals surface area contributed by atoms with E-state index in [1.54, 1.807) is 37.4 Å². The van der Waals surface area contributed by atoms with Crippen LogP contribution in [0.1, 0.15) is 42.4 Å². The lowest BCUT2D eigenvalue weighted by Gasteiger charge is -2.46. The number of nitrogens with zero attached hydrogens (tertiary/aromatic N) is 2. The standard InChI is InChI=1S/C27H30F3N3O4/c1-37-14-13-31-24(34)16-18-9-11-21(12-10-18)33-25(35)22-7-2-3-8-23(22)32(26(33)36)17-19-5-4-6-20(15-19)27(28,29)30/h4-6,9-12,15,22-23H,2-3,7-8,13-14,16-17H2,1H3,(H,31,34). The Morgan fingerprint density at radius 2 is 1.78 bits per heavy atom. The van der Waals surface area contributed by atoms with Crippen molar-refractivity contribution in [1.29, 1.82) is 0 Å². The summed E-state index contributed by atoms with van der Waals surface area (Å²) in [6, 6.07) is 10.7. The quantitative estimate of drug-likeness (QED) is 0.522. The molecule has 1 N–H and O–H groups in total. The summed E-state index contributed by atoms with van der Waals surface area (Å²) in [5.41, 5.74) is 0.671. The minimum atomic E-state index is -4.49. The summed E-state index contributed by atoms with van der Waals surface area (Å²) in [6.07, 6.45) is -1.40. The Morgan fingerprint density at radius 1 is 1.05 bits per heavy atom. The molecule has 1 heterocycles. The molecule has 2 atom stereocenters. The van der Waals surface area contributed by atoms with E-state index in [1.807, 2.05) is 0 Å². The minimum absolute atomic E-state index is 0.0204. The molecule has 2 unspecified atom stereocenters. The average molecular weight is 518 g/mol. The highest BCUT2D eigenvalue weighted by Crippen LogP contribution is 2.38. The van der Waals surface area contributed by atoms with Crippen molar-refractivity contribution in [2.75, 3.05) is 25.2 Å². The first-order valence-corrected chi connectivity index (χ1v) is 12.3. The third-order valence-electron chi connectivity index (χ3n) is 6.90. The van der Waals surface area contributed by atoms with Crippen LogP contribution < -0.4 is 10.2 Å². The van der Waals surface area contributed by atoms with E-state index in [4.69, 9.17) is 4.74 Å². The molecule has 1 aliphatic heterocycles. The van der Waals surface area contributed by atoms with Crippen LogP contribution in [0, 0.1) is 5.92 Å². The van der Waals surface area contributed by atoms with Gasteiger partial charge < -0.3 is 15.0 Å². The first-order valence-electron chi connectivity index (χ1n) is 12.3. The normalized spacial score (nSPS) is 20.1. The van der Waals surface area contributed by atoms with Crippen LogP contribution in [0.2, 0.25) is 0 Å². The number of halogens is 3. The fourth-order valence-corrected chi connectivity index (χ4v) is 5.07. The molecule has 2 fully saturated rings. The topological polar surface area (TPSA) is 79.0 Å². The molecule has 4 amide bonds. The molecular weight excluding hydrogens is 487 g/mol. The van der Waals surface area contributed by atoms with Crippen LogP contribution in [0.4, 0.5) is 23.7 Å². The Labute approximate surface area is 213 Å². The minimum Gasteiger partial charge on any atom is -0.383 e. The number of nitrogens with one attached hydrogen (secondary N) is 1. The van der Waals surface area contributed by atoms with Gasteiger partial charge in [-0.3, -0.25) is 9.59 Å². The number of benzene rings is 2. The van der Waals surface area contributed by atoms with Crippen LogP contribution in [0.15, 0.2) is 48.5 Å². The van der Waals surface area contributed by atoms with E-state index < -0.39 is 23.7 Å². The van der Waals surface area contributed by atoms with Crippen molar-refractivity contribution < 1.29 is 32.3 Å². The van der Waals surface area contributed by atoms with Gasteiger partial charge in [-0.15, -0.1) is 0 Å². The number of imide groups is 1. The third-order valence-corrected chi connectivity index (χ3v) is 6.90. The molecule has 1 aliphatic carbocycles. The molecule has 0 radical (unpaired) electrons. The van der Waals surface area contributed by atoms with E-state index in [1.165, 1.54) is 11.0 Å². The summed E-state index contributed by atoms with van der Waals surface area (Å²) in [5, 5.41) is 2.74. The van der Waals surface area contributed by atoms with E-state index in [0.717, 1.165) is 29.9 Å². The molecule has 37 heavy (non-hydrogen) atoms. The largest absolute Gasteiger partial charge is 0.416 e. The van der Waals surface area contributed by atoms with Gasteiger partial charge in [-0.05, 0) is 48.2 Å². The van der Waals surface area contributed by atoms with Crippen LogP contribution >= 0.6 is 0 Å². The number of hydrogen-bond acceptors (Lipinski definition) is 4. The van der Waals surface area contributed by atoms with Gasteiger partial charge in [0, 0.05) is 26.2 Å². The van der Waals surface area contributed by atoms with Gasteiger partial charge in [0.1, 0.15) is 0 Å². The van der Waals surface area contributed by atoms with E-state index >= 15 is 0 Å². The molecule has 1 saturated carbocycles. The van der Waals surface area contributed by atoms with Gasteiger partial charge in [0.15, 0.2) is 0 Å². The summed E-state index contributed by atoms with van der Waals surface area (Å²) >= 11 is 0. The van der Waals surface area contributed by atoms with Gasteiger partial charge in [-0.1, -0.05) is 37.1 Å². The van der Waals surface area contributed by atoms with Crippen molar-refractivity contribution in [3.05, 3.63) is 65.2 Å².